The van der Waals surface area contributed by atoms with Crippen LogP contribution in [0.2, 0.25) is 0 Å². The van der Waals surface area contributed by atoms with E-state index in [0.29, 0.717) is 12.2 Å². The Morgan fingerprint density at radius 2 is 2.45 bits per heavy atom. The molecular formula is C6H11N5. The zero-order valence-electron chi connectivity index (χ0n) is 6.49. The Balaban J connectivity index is 1.83. The van der Waals surface area contributed by atoms with Gasteiger partial charge in [-0.25, -0.2) is 4.68 Å². The fourth-order valence-corrected chi connectivity index (χ4v) is 0.889. The summed E-state index contributed by atoms with van der Waals surface area (Å²) in [5, 5.41) is 14.2. The Labute approximate surface area is 64.8 Å². The smallest absolute Gasteiger partial charge is 0.139 e. The minimum atomic E-state index is 0.353. The molecule has 1 N–H and O–H groups in total. The molecule has 1 aliphatic rings. The predicted octanol–water partition coefficient (Wildman–Crippen LogP) is -0.227. The molecule has 0 unspecified atom stereocenters. The van der Waals surface area contributed by atoms with E-state index in [9.17, 15) is 0 Å². The maximum absolute atomic E-state index is 3.74. The molecule has 5 nitrogen and oxygen atoms in total. The Bertz CT molecular complexity index is 225. The highest BCUT2D eigenvalue weighted by molar-refractivity contribution is 4.96. The maximum atomic E-state index is 3.74. The third-order valence-electron chi connectivity index (χ3n) is 2.06. The van der Waals surface area contributed by atoms with Gasteiger partial charge in [0.2, 0.25) is 0 Å². The molecule has 0 bridgehead atoms. The summed E-state index contributed by atoms with van der Waals surface area (Å²) in [4.78, 5) is 0. The van der Waals surface area contributed by atoms with Crippen molar-refractivity contribution in [2.45, 2.75) is 32.0 Å². The van der Waals surface area contributed by atoms with E-state index >= 15 is 0 Å². The van der Waals surface area contributed by atoms with E-state index in [4.69, 9.17) is 0 Å². The predicted molar refractivity (Wildman–Crippen MR) is 38.6 cm³/mol. The first-order valence-corrected chi connectivity index (χ1v) is 3.74. The Morgan fingerprint density at radius 1 is 1.64 bits per heavy atom. The van der Waals surface area contributed by atoms with Crippen molar-refractivity contribution in [3.05, 3.63) is 6.33 Å². The highest BCUT2D eigenvalue weighted by Gasteiger charge is 2.36. The van der Waals surface area contributed by atoms with E-state index in [-0.39, 0.29) is 0 Å². The van der Waals surface area contributed by atoms with Crippen LogP contribution in [0.3, 0.4) is 0 Å². The fourth-order valence-electron chi connectivity index (χ4n) is 0.889. The second-order valence-corrected chi connectivity index (χ2v) is 3.24. The van der Waals surface area contributed by atoms with Crippen LogP contribution in [0.4, 0.5) is 0 Å². The number of tetrazole rings is 1. The first-order chi connectivity index (χ1) is 5.29. The third-order valence-corrected chi connectivity index (χ3v) is 2.06. The molecule has 1 fully saturated rings. The van der Waals surface area contributed by atoms with Gasteiger partial charge < -0.3 is 0 Å². The number of hydrogen-bond acceptors (Lipinski definition) is 4. The number of aromatic nitrogens is 4. The van der Waals surface area contributed by atoms with Crippen LogP contribution in [-0.2, 0) is 6.67 Å². The molecule has 0 amide bonds. The number of hydrogen-bond donors (Lipinski definition) is 1. The summed E-state index contributed by atoms with van der Waals surface area (Å²) >= 11 is 0. The lowest BCUT2D eigenvalue weighted by atomic mass is 10.3. The van der Waals surface area contributed by atoms with Crippen molar-refractivity contribution in [2.24, 2.45) is 0 Å². The van der Waals surface area contributed by atoms with Gasteiger partial charge in [0.05, 0.1) is 6.67 Å². The van der Waals surface area contributed by atoms with Gasteiger partial charge in [-0.15, -0.1) is 5.10 Å². The molecule has 60 valence electrons. The molecule has 1 heterocycles. The highest BCUT2D eigenvalue weighted by Crippen LogP contribution is 2.33. The summed E-state index contributed by atoms with van der Waals surface area (Å²) in [6, 6.07) is 0. The molecule has 11 heavy (non-hydrogen) atoms. The van der Waals surface area contributed by atoms with Gasteiger partial charge in [0.25, 0.3) is 0 Å². The van der Waals surface area contributed by atoms with Gasteiger partial charge in [0.1, 0.15) is 6.33 Å². The molecule has 5 heteroatoms. The van der Waals surface area contributed by atoms with Gasteiger partial charge in [0.15, 0.2) is 0 Å². The summed E-state index contributed by atoms with van der Waals surface area (Å²) in [6.45, 7) is 2.92. The number of nitrogens with one attached hydrogen (secondary N) is 1. The average molecular weight is 153 g/mol. The molecule has 0 radical (unpaired) electrons. The zero-order chi connectivity index (χ0) is 7.73. The van der Waals surface area contributed by atoms with E-state index in [2.05, 4.69) is 27.8 Å². The number of nitrogens with zero attached hydrogens (tertiary/aromatic N) is 4. The normalized spacial score (nSPS) is 20.1. The second kappa shape index (κ2) is 2.27. The van der Waals surface area contributed by atoms with Crippen molar-refractivity contribution in [3.63, 3.8) is 0 Å². The number of rotatable bonds is 3. The third kappa shape index (κ3) is 1.54. The summed E-state index contributed by atoms with van der Waals surface area (Å²) in [5.74, 6) is 0. The monoisotopic (exact) mass is 153 g/mol. The van der Waals surface area contributed by atoms with Crippen LogP contribution in [0, 0.1) is 0 Å². The molecule has 0 atom stereocenters. The largest absolute Gasteiger partial charge is 0.293 e. The van der Waals surface area contributed by atoms with E-state index in [1.54, 1.807) is 11.0 Å². The maximum Gasteiger partial charge on any atom is 0.139 e. The summed E-state index contributed by atoms with van der Waals surface area (Å²) in [6.07, 6.45) is 4.13. The van der Waals surface area contributed by atoms with Crippen LogP contribution in [-0.4, -0.2) is 25.7 Å². The van der Waals surface area contributed by atoms with Crippen LogP contribution < -0.4 is 5.32 Å². The standard InChI is InChI=1S/C6H11N5/c1-6(2-3-6)7-4-11-5-8-9-10-11/h5,7H,2-4H2,1H3. The van der Waals surface area contributed by atoms with Gasteiger partial charge >= 0.3 is 0 Å². The van der Waals surface area contributed by atoms with E-state index in [1.165, 1.54) is 12.8 Å². The lowest BCUT2D eigenvalue weighted by molar-refractivity contribution is 0.430. The van der Waals surface area contributed by atoms with Crippen molar-refractivity contribution in [1.29, 1.82) is 0 Å². The first-order valence-electron chi connectivity index (χ1n) is 3.74. The Hall–Kier alpha value is -0.970. The molecule has 2 rings (SSSR count). The van der Waals surface area contributed by atoms with Gasteiger partial charge in [-0.3, -0.25) is 5.32 Å². The van der Waals surface area contributed by atoms with E-state index < -0.39 is 0 Å². The lowest BCUT2D eigenvalue weighted by Gasteiger charge is -2.09. The molecule has 1 aromatic heterocycles. The molecule has 1 saturated carbocycles. The van der Waals surface area contributed by atoms with Gasteiger partial charge in [-0.2, -0.15) is 0 Å². The highest BCUT2D eigenvalue weighted by atomic mass is 15.5. The Morgan fingerprint density at radius 3 is 3.00 bits per heavy atom. The summed E-state index contributed by atoms with van der Waals surface area (Å²) in [7, 11) is 0. The molecule has 1 aliphatic carbocycles. The van der Waals surface area contributed by atoms with Crippen molar-refractivity contribution in [3.8, 4) is 0 Å². The minimum absolute atomic E-state index is 0.353. The SMILES string of the molecule is CC1(NCn2cnnn2)CC1. The molecule has 0 aliphatic heterocycles. The topological polar surface area (TPSA) is 55.6 Å². The minimum Gasteiger partial charge on any atom is -0.293 e. The van der Waals surface area contributed by atoms with Crippen LogP contribution >= 0.6 is 0 Å². The van der Waals surface area contributed by atoms with Crippen LogP contribution in [0.5, 0.6) is 0 Å². The van der Waals surface area contributed by atoms with Crippen molar-refractivity contribution >= 4 is 0 Å². The van der Waals surface area contributed by atoms with Gasteiger partial charge in [0, 0.05) is 5.54 Å². The van der Waals surface area contributed by atoms with Crippen LogP contribution in [0.1, 0.15) is 19.8 Å². The zero-order valence-corrected chi connectivity index (χ0v) is 6.49. The average Bonchev–Trinajstić information content (AvgIpc) is 2.53. The van der Waals surface area contributed by atoms with Gasteiger partial charge in [-0.1, -0.05) is 0 Å². The molecular weight excluding hydrogens is 142 g/mol. The molecule has 0 aromatic carbocycles. The second-order valence-electron chi connectivity index (χ2n) is 3.24. The lowest BCUT2D eigenvalue weighted by Crippen LogP contribution is -2.30. The van der Waals surface area contributed by atoms with Crippen molar-refractivity contribution in [2.75, 3.05) is 0 Å². The van der Waals surface area contributed by atoms with E-state index in [0.717, 1.165) is 0 Å². The van der Waals surface area contributed by atoms with Crippen molar-refractivity contribution < 1.29 is 0 Å². The van der Waals surface area contributed by atoms with E-state index in [1.807, 2.05) is 0 Å². The molecule has 0 spiro atoms. The Kier molecular flexibility index (Phi) is 1.38. The van der Waals surface area contributed by atoms with Crippen molar-refractivity contribution in [1.82, 2.24) is 25.5 Å². The van der Waals surface area contributed by atoms with Gasteiger partial charge in [-0.05, 0) is 30.2 Å². The van der Waals surface area contributed by atoms with Crippen LogP contribution in [0.25, 0.3) is 0 Å². The quantitative estimate of drug-likeness (QED) is 0.652. The summed E-state index contributed by atoms with van der Waals surface area (Å²) in [5.41, 5.74) is 0.353. The molecule has 0 saturated heterocycles. The molecule has 1 aromatic rings. The van der Waals surface area contributed by atoms with Crippen LogP contribution in [0.15, 0.2) is 6.33 Å². The first kappa shape index (κ1) is 6.72. The summed E-state index contributed by atoms with van der Waals surface area (Å²) < 4.78 is 1.68. The fraction of sp³-hybridized carbons (Fsp3) is 0.833.